The van der Waals surface area contributed by atoms with E-state index < -0.39 is 0 Å². The molecule has 3 N–H and O–H groups in total. The summed E-state index contributed by atoms with van der Waals surface area (Å²) in [4.78, 5) is 15.6. The van der Waals surface area contributed by atoms with Crippen LogP contribution in [0, 0.1) is 0 Å². The number of nitrogens with one attached hydrogen (secondary N) is 1. The van der Waals surface area contributed by atoms with Crippen molar-refractivity contribution in [2.75, 3.05) is 12.8 Å². The van der Waals surface area contributed by atoms with Crippen molar-refractivity contribution >= 4 is 11.6 Å². The number of carbonyl (C=O) groups excluding carboxylic acids is 1. The van der Waals surface area contributed by atoms with Crippen molar-refractivity contribution in [3.63, 3.8) is 0 Å². The van der Waals surface area contributed by atoms with Gasteiger partial charge in [0.1, 0.15) is 0 Å². The Hall–Kier alpha value is -2.37. The molecule has 1 aliphatic carbocycles. The SMILES string of the molecule is CNC(=O)c1noc(C2(c3ccc(N)cc3)CC2)n1. The second-order valence-electron chi connectivity index (χ2n) is 4.71. The van der Waals surface area contributed by atoms with Crippen LogP contribution in [-0.2, 0) is 5.41 Å². The number of nitrogen functional groups attached to an aromatic ring is 1. The van der Waals surface area contributed by atoms with Crippen LogP contribution in [-0.4, -0.2) is 23.1 Å². The van der Waals surface area contributed by atoms with Gasteiger partial charge < -0.3 is 15.6 Å². The van der Waals surface area contributed by atoms with Gasteiger partial charge in [-0.15, -0.1) is 0 Å². The van der Waals surface area contributed by atoms with Gasteiger partial charge in [-0.05, 0) is 30.5 Å². The lowest BCUT2D eigenvalue weighted by Crippen LogP contribution is -2.19. The summed E-state index contributed by atoms with van der Waals surface area (Å²) in [5.74, 6) is 0.221. The summed E-state index contributed by atoms with van der Waals surface area (Å²) >= 11 is 0. The molecule has 0 spiro atoms. The van der Waals surface area contributed by atoms with Crippen LogP contribution in [0.15, 0.2) is 28.8 Å². The Balaban J connectivity index is 1.95. The Bertz CT molecular complexity index is 614. The lowest BCUT2D eigenvalue weighted by atomic mass is 9.96. The molecular formula is C13H14N4O2. The third-order valence-electron chi connectivity index (χ3n) is 3.48. The highest BCUT2D eigenvalue weighted by Gasteiger charge is 2.51. The number of hydrogen-bond donors (Lipinski definition) is 2. The maximum Gasteiger partial charge on any atom is 0.292 e. The van der Waals surface area contributed by atoms with E-state index in [1.165, 1.54) is 7.05 Å². The Morgan fingerprint density at radius 2 is 2.05 bits per heavy atom. The molecule has 1 aliphatic rings. The first-order chi connectivity index (χ1) is 9.15. The maximum atomic E-state index is 11.4. The van der Waals surface area contributed by atoms with Crippen molar-refractivity contribution in [1.29, 1.82) is 0 Å². The molecule has 0 saturated heterocycles. The van der Waals surface area contributed by atoms with Crippen molar-refractivity contribution in [2.45, 2.75) is 18.3 Å². The Labute approximate surface area is 110 Å². The molecule has 3 rings (SSSR count). The van der Waals surface area contributed by atoms with Crippen LogP contribution in [0.25, 0.3) is 0 Å². The standard InChI is InChI=1S/C13H14N4O2/c1-15-11(18)10-16-12(19-17-10)13(6-7-13)8-2-4-9(14)5-3-8/h2-5H,6-7,14H2,1H3,(H,15,18). The van der Waals surface area contributed by atoms with E-state index in [-0.39, 0.29) is 17.1 Å². The third-order valence-corrected chi connectivity index (χ3v) is 3.48. The number of nitrogens with two attached hydrogens (primary N) is 1. The quantitative estimate of drug-likeness (QED) is 0.804. The highest BCUT2D eigenvalue weighted by Crippen LogP contribution is 2.52. The fourth-order valence-corrected chi connectivity index (χ4v) is 2.18. The fraction of sp³-hybridized carbons (Fsp3) is 0.308. The highest BCUT2D eigenvalue weighted by molar-refractivity contribution is 5.89. The Morgan fingerprint density at radius 3 is 2.63 bits per heavy atom. The van der Waals surface area contributed by atoms with Gasteiger partial charge in [0.15, 0.2) is 0 Å². The minimum absolute atomic E-state index is 0.0687. The van der Waals surface area contributed by atoms with Crippen molar-refractivity contribution in [2.24, 2.45) is 0 Å². The number of rotatable bonds is 3. The zero-order valence-corrected chi connectivity index (χ0v) is 10.5. The van der Waals surface area contributed by atoms with Crippen molar-refractivity contribution < 1.29 is 9.32 Å². The van der Waals surface area contributed by atoms with Gasteiger partial charge in [-0.25, -0.2) is 0 Å². The van der Waals surface area contributed by atoms with Crippen LogP contribution >= 0.6 is 0 Å². The van der Waals surface area contributed by atoms with E-state index in [2.05, 4.69) is 15.5 Å². The van der Waals surface area contributed by atoms with Gasteiger partial charge in [0.2, 0.25) is 5.89 Å². The molecule has 6 nitrogen and oxygen atoms in total. The van der Waals surface area contributed by atoms with Crippen molar-refractivity contribution in [1.82, 2.24) is 15.5 Å². The van der Waals surface area contributed by atoms with E-state index in [1.807, 2.05) is 24.3 Å². The van der Waals surface area contributed by atoms with E-state index in [0.717, 1.165) is 24.1 Å². The lowest BCUT2D eigenvalue weighted by molar-refractivity contribution is 0.0950. The number of amides is 1. The monoisotopic (exact) mass is 258 g/mol. The van der Waals surface area contributed by atoms with Gasteiger partial charge >= 0.3 is 0 Å². The molecule has 0 bridgehead atoms. The summed E-state index contributed by atoms with van der Waals surface area (Å²) in [7, 11) is 1.53. The molecule has 1 amide bonds. The number of hydrogen-bond acceptors (Lipinski definition) is 5. The lowest BCUT2D eigenvalue weighted by Gasteiger charge is -2.10. The minimum Gasteiger partial charge on any atom is -0.399 e. The minimum atomic E-state index is -0.344. The number of aromatic nitrogens is 2. The predicted octanol–water partition coefficient (Wildman–Crippen LogP) is 1.09. The van der Waals surface area contributed by atoms with E-state index >= 15 is 0 Å². The number of carbonyl (C=O) groups is 1. The van der Waals surface area contributed by atoms with Crippen LogP contribution in [0.5, 0.6) is 0 Å². The molecule has 0 aliphatic heterocycles. The van der Waals surface area contributed by atoms with Crippen LogP contribution < -0.4 is 11.1 Å². The first-order valence-electron chi connectivity index (χ1n) is 6.08. The van der Waals surface area contributed by atoms with Gasteiger partial charge in [0.25, 0.3) is 11.7 Å². The molecule has 6 heteroatoms. The summed E-state index contributed by atoms with van der Waals surface area (Å²) in [5.41, 5.74) is 7.25. The van der Waals surface area contributed by atoms with E-state index in [4.69, 9.17) is 10.3 Å². The Morgan fingerprint density at radius 1 is 1.37 bits per heavy atom. The first-order valence-corrected chi connectivity index (χ1v) is 6.08. The molecule has 0 atom stereocenters. The third kappa shape index (κ3) is 1.85. The summed E-state index contributed by atoms with van der Waals surface area (Å²) in [6.07, 6.45) is 1.87. The van der Waals surface area contributed by atoms with Crippen molar-refractivity contribution in [3.8, 4) is 0 Å². The summed E-state index contributed by atoms with van der Waals surface area (Å²) < 4.78 is 5.25. The zero-order valence-electron chi connectivity index (χ0n) is 10.5. The van der Waals surface area contributed by atoms with Crippen molar-refractivity contribution in [3.05, 3.63) is 41.5 Å². The zero-order chi connectivity index (χ0) is 13.5. The molecule has 1 saturated carbocycles. The van der Waals surface area contributed by atoms with Gasteiger partial charge in [-0.3, -0.25) is 4.79 Å². The molecular weight excluding hydrogens is 244 g/mol. The van der Waals surface area contributed by atoms with Gasteiger partial charge in [0, 0.05) is 12.7 Å². The van der Waals surface area contributed by atoms with Gasteiger partial charge in [-0.2, -0.15) is 4.98 Å². The molecule has 1 aromatic heterocycles. The van der Waals surface area contributed by atoms with Crippen LogP contribution in [0.1, 0.15) is 34.9 Å². The molecule has 1 fully saturated rings. The molecule has 1 heterocycles. The Kier molecular flexibility index (Phi) is 2.51. The largest absolute Gasteiger partial charge is 0.399 e. The first kappa shape index (κ1) is 11.7. The molecule has 0 radical (unpaired) electrons. The fourth-order valence-electron chi connectivity index (χ4n) is 2.18. The highest BCUT2D eigenvalue weighted by atomic mass is 16.5. The van der Waals surface area contributed by atoms with E-state index in [0.29, 0.717) is 5.89 Å². The normalized spacial score (nSPS) is 16.1. The number of anilines is 1. The molecule has 98 valence electrons. The topological polar surface area (TPSA) is 94.0 Å². The summed E-state index contributed by atoms with van der Waals surface area (Å²) in [6.45, 7) is 0. The predicted molar refractivity (Wildman–Crippen MR) is 68.6 cm³/mol. The second kappa shape index (κ2) is 4.08. The molecule has 1 aromatic carbocycles. The van der Waals surface area contributed by atoms with Crippen LogP contribution in [0.4, 0.5) is 5.69 Å². The van der Waals surface area contributed by atoms with Crippen LogP contribution in [0.2, 0.25) is 0 Å². The second-order valence-corrected chi connectivity index (χ2v) is 4.71. The van der Waals surface area contributed by atoms with Crippen LogP contribution in [0.3, 0.4) is 0 Å². The maximum absolute atomic E-state index is 11.4. The number of benzene rings is 1. The van der Waals surface area contributed by atoms with Gasteiger partial charge in [0.05, 0.1) is 5.41 Å². The summed E-state index contributed by atoms with van der Waals surface area (Å²) in [5, 5.41) is 6.19. The average molecular weight is 258 g/mol. The number of nitrogens with zero attached hydrogens (tertiary/aromatic N) is 2. The molecule has 0 unspecified atom stereocenters. The van der Waals surface area contributed by atoms with E-state index in [9.17, 15) is 4.79 Å². The average Bonchev–Trinajstić information content (AvgIpc) is 3.09. The summed E-state index contributed by atoms with van der Waals surface area (Å²) in [6, 6.07) is 7.63. The van der Waals surface area contributed by atoms with E-state index in [1.54, 1.807) is 0 Å². The molecule has 19 heavy (non-hydrogen) atoms. The van der Waals surface area contributed by atoms with Gasteiger partial charge in [-0.1, -0.05) is 17.3 Å². The smallest absolute Gasteiger partial charge is 0.292 e. The molecule has 2 aromatic rings.